The molecule has 0 aromatic heterocycles. The molecule has 0 saturated heterocycles. The van der Waals surface area contributed by atoms with Crippen molar-refractivity contribution >= 4 is 17.3 Å². The molecule has 0 heterocycles. The number of hydrogen-bond acceptors (Lipinski definition) is 4. The van der Waals surface area contributed by atoms with Crippen LogP contribution in [-0.2, 0) is 0 Å². The van der Waals surface area contributed by atoms with E-state index >= 15 is 0 Å². The second-order valence-electron chi connectivity index (χ2n) is 4.89. The summed E-state index contributed by atoms with van der Waals surface area (Å²) in [4.78, 5) is 12.1. The molecule has 0 atom stereocenters. The van der Waals surface area contributed by atoms with Crippen molar-refractivity contribution < 1.29 is 9.53 Å². The van der Waals surface area contributed by atoms with Crippen LogP contribution in [0.4, 0.5) is 5.69 Å². The number of hydrazone groups is 1. The predicted octanol–water partition coefficient (Wildman–Crippen LogP) is 2.99. The number of amides is 1. The Balaban J connectivity index is 2.01. The maximum Gasteiger partial charge on any atom is 0.271 e. The van der Waals surface area contributed by atoms with Gasteiger partial charge in [0.2, 0.25) is 0 Å². The Morgan fingerprint density at radius 2 is 2.00 bits per heavy atom. The minimum absolute atomic E-state index is 0.288. The molecule has 118 valence electrons. The summed E-state index contributed by atoms with van der Waals surface area (Å²) < 4.78 is 5.37. The molecule has 0 bridgehead atoms. The Bertz CT molecular complexity index is 721. The number of nitrogen functional groups attached to an aromatic ring is 1. The quantitative estimate of drug-likeness (QED) is 0.373. The van der Waals surface area contributed by atoms with E-state index in [1.54, 1.807) is 49.4 Å². The lowest BCUT2D eigenvalue weighted by Gasteiger charge is -2.05. The molecule has 5 nitrogen and oxygen atoms in total. The maximum absolute atomic E-state index is 12.1. The fraction of sp³-hybridized carbons (Fsp3) is 0.111. The van der Waals surface area contributed by atoms with Crippen LogP contribution in [0, 0.1) is 0 Å². The Labute approximate surface area is 135 Å². The van der Waals surface area contributed by atoms with E-state index in [9.17, 15) is 4.79 Å². The first-order valence-electron chi connectivity index (χ1n) is 7.14. The summed E-state index contributed by atoms with van der Waals surface area (Å²) in [6, 6.07) is 14.1. The van der Waals surface area contributed by atoms with E-state index in [0.29, 0.717) is 29.3 Å². The third-order valence-electron chi connectivity index (χ3n) is 3.11. The van der Waals surface area contributed by atoms with Gasteiger partial charge in [-0.3, -0.25) is 4.79 Å². The molecule has 5 heteroatoms. The normalized spacial score (nSPS) is 10.9. The average Bonchev–Trinajstić information content (AvgIpc) is 2.58. The van der Waals surface area contributed by atoms with Crippen molar-refractivity contribution in [1.29, 1.82) is 0 Å². The third-order valence-corrected chi connectivity index (χ3v) is 3.11. The number of benzene rings is 2. The van der Waals surface area contributed by atoms with Crippen LogP contribution >= 0.6 is 0 Å². The van der Waals surface area contributed by atoms with Crippen molar-refractivity contribution in [3.8, 4) is 5.75 Å². The van der Waals surface area contributed by atoms with Crippen LogP contribution in [0.1, 0.15) is 22.8 Å². The lowest BCUT2D eigenvalue weighted by atomic mass is 10.1. The number of carbonyl (C=O) groups is 1. The third kappa shape index (κ3) is 4.71. The first kappa shape index (κ1) is 16.3. The molecule has 0 saturated carbocycles. The summed E-state index contributed by atoms with van der Waals surface area (Å²) in [5.41, 5.74) is 11.0. The van der Waals surface area contributed by atoms with Crippen molar-refractivity contribution in [2.75, 3.05) is 12.3 Å². The molecule has 0 aliphatic rings. The molecule has 0 radical (unpaired) electrons. The smallest absolute Gasteiger partial charge is 0.271 e. The first-order chi connectivity index (χ1) is 11.1. The molecular formula is C18H19N3O2. The van der Waals surface area contributed by atoms with Crippen molar-refractivity contribution in [1.82, 2.24) is 5.43 Å². The number of ether oxygens (including phenoxy) is 1. The van der Waals surface area contributed by atoms with E-state index in [1.807, 2.05) is 12.1 Å². The lowest BCUT2D eigenvalue weighted by molar-refractivity contribution is 0.0955. The van der Waals surface area contributed by atoms with Crippen molar-refractivity contribution in [3.05, 3.63) is 72.3 Å². The summed E-state index contributed by atoms with van der Waals surface area (Å²) >= 11 is 0. The minimum atomic E-state index is -0.288. The van der Waals surface area contributed by atoms with Crippen molar-refractivity contribution in [2.45, 2.75) is 6.92 Å². The van der Waals surface area contributed by atoms with Gasteiger partial charge in [0.25, 0.3) is 5.91 Å². The molecule has 3 N–H and O–H groups in total. The zero-order valence-corrected chi connectivity index (χ0v) is 13.0. The number of nitrogens with zero attached hydrogens (tertiary/aromatic N) is 1. The highest BCUT2D eigenvalue weighted by Crippen LogP contribution is 2.12. The highest BCUT2D eigenvalue weighted by atomic mass is 16.5. The number of nitrogens with two attached hydrogens (primary N) is 1. The Morgan fingerprint density at radius 3 is 2.65 bits per heavy atom. The lowest BCUT2D eigenvalue weighted by Crippen LogP contribution is -2.19. The van der Waals surface area contributed by atoms with Gasteiger partial charge in [0.15, 0.2) is 0 Å². The molecule has 0 aliphatic carbocycles. The summed E-state index contributed by atoms with van der Waals surface area (Å²) in [6.07, 6.45) is 1.66. The highest BCUT2D eigenvalue weighted by Gasteiger charge is 2.05. The van der Waals surface area contributed by atoms with Crippen LogP contribution in [-0.4, -0.2) is 18.2 Å². The summed E-state index contributed by atoms with van der Waals surface area (Å²) in [7, 11) is 0. The van der Waals surface area contributed by atoms with E-state index < -0.39 is 0 Å². The molecule has 0 unspecified atom stereocenters. The molecule has 0 aliphatic heterocycles. The van der Waals surface area contributed by atoms with E-state index in [2.05, 4.69) is 17.1 Å². The summed E-state index contributed by atoms with van der Waals surface area (Å²) in [5, 5.41) is 4.10. The fourth-order valence-electron chi connectivity index (χ4n) is 1.89. The molecule has 0 spiro atoms. The number of carbonyl (C=O) groups excluding carboxylic acids is 1. The summed E-state index contributed by atoms with van der Waals surface area (Å²) in [6.45, 7) is 5.81. The van der Waals surface area contributed by atoms with Crippen LogP contribution in [0.25, 0.3) is 0 Å². The second kappa shape index (κ2) is 7.79. The van der Waals surface area contributed by atoms with Crippen LogP contribution in [0.15, 0.2) is 66.3 Å². The Kier molecular flexibility index (Phi) is 5.52. The monoisotopic (exact) mass is 309 g/mol. The van der Waals surface area contributed by atoms with Gasteiger partial charge in [-0.1, -0.05) is 24.8 Å². The van der Waals surface area contributed by atoms with Crippen LogP contribution in [0.3, 0.4) is 0 Å². The number of rotatable bonds is 6. The predicted molar refractivity (Wildman–Crippen MR) is 92.7 cm³/mol. The minimum Gasteiger partial charge on any atom is -0.490 e. The molecular weight excluding hydrogens is 290 g/mol. The van der Waals surface area contributed by atoms with Gasteiger partial charge in [0, 0.05) is 11.3 Å². The van der Waals surface area contributed by atoms with Crippen LogP contribution < -0.4 is 15.9 Å². The van der Waals surface area contributed by atoms with Gasteiger partial charge in [-0.05, 0) is 48.9 Å². The molecule has 2 rings (SSSR count). The number of anilines is 1. The fourth-order valence-corrected chi connectivity index (χ4v) is 1.89. The SMILES string of the molecule is C=CCOc1ccc(C(=O)NN=C(C)c2cccc(N)c2)cc1. The Morgan fingerprint density at radius 1 is 1.26 bits per heavy atom. The molecule has 2 aromatic rings. The van der Waals surface area contributed by atoms with Gasteiger partial charge < -0.3 is 10.5 Å². The summed E-state index contributed by atoms with van der Waals surface area (Å²) in [5.74, 6) is 0.393. The Hall–Kier alpha value is -3.08. The van der Waals surface area contributed by atoms with E-state index in [4.69, 9.17) is 10.5 Å². The molecule has 23 heavy (non-hydrogen) atoms. The topological polar surface area (TPSA) is 76.7 Å². The van der Waals surface area contributed by atoms with E-state index in [-0.39, 0.29) is 5.91 Å². The van der Waals surface area contributed by atoms with Gasteiger partial charge in [-0.2, -0.15) is 5.10 Å². The average molecular weight is 309 g/mol. The van der Waals surface area contributed by atoms with Crippen molar-refractivity contribution in [2.24, 2.45) is 5.10 Å². The number of hydrogen-bond donors (Lipinski definition) is 2. The molecule has 2 aromatic carbocycles. The molecule has 0 fully saturated rings. The standard InChI is InChI=1S/C18H19N3O2/c1-3-11-23-17-9-7-14(8-10-17)18(22)21-20-13(2)15-5-4-6-16(19)12-15/h3-10,12H,1,11,19H2,2H3,(H,21,22). The zero-order chi connectivity index (χ0) is 16.7. The zero-order valence-electron chi connectivity index (χ0n) is 13.0. The first-order valence-corrected chi connectivity index (χ1v) is 7.14. The van der Waals surface area contributed by atoms with Gasteiger partial charge in [-0.25, -0.2) is 5.43 Å². The maximum atomic E-state index is 12.1. The largest absolute Gasteiger partial charge is 0.490 e. The van der Waals surface area contributed by atoms with E-state index in [1.165, 1.54) is 0 Å². The van der Waals surface area contributed by atoms with Crippen LogP contribution in [0.2, 0.25) is 0 Å². The van der Waals surface area contributed by atoms with E-state index in [0.717, 1.165) is 5.56 Å². The molecule has 1 amide bonds. The van der Waals surface area contributed by atoms with Gasteiger partial charge in [0.1, 0.15) is 12.4 Å². The van der Waals surface area contributed by atoms with Crippen LogP contribution in [0.5, 0.6) is 5.75 Å². The van der Waals surface area contributed by atoms with Gasteiger partial charge in [0.05, 0.1) is 5.71 Å². The number of nitrogens with one attached hydrogen (secondary N) is 1. The van der Waals surface area contributed by atoms with Crippen molar-refractivity contribution in [3.63, 3.8) is 0 Å². The van der Waals surface area contributed by atoms with Gasteiger partial charge >= 0.3 is 0 Å². The van der Waals surface area contributed by atoms with Gasteiger partial charge in [-0.15, -0.1) is 0 Å². The highest BCUT2D eigenvalue weighted by molar-refractivity contribution is 6.01. The second-order valence-corrected chi connectivity index (χ2v) is 4.89.